The molecule has 0 aliphatic heterocycles. The summed E-state index contributed by atoms with van der Waals surface area (Å²) >= 11 is 6.07. The van der Waals surface area contributed by atoms with E-state index in [9.17, 15) is 14.5 Å². The fourth-order valence-electron chi connectivity index (χ4n) is 1.56. The van der Waals surface area contributed by atoms with Crippen LogP contribution in [0.2, 0.25) is 0 Å². The maximum absolute atomic E-state index is 13.0. The standard InChI is InChI=1S/C12H15ClFNO2/c1-8(2)11(13)5-3-9-7-10(14)4-6-12(9)15(16)17/h4,6-8,11H,3,5H2,1-2H3. The highest BCUT2D eigenvalue weighted by atomic mass is 35.5. The van der Waals surface area contributed by atoms with E-state index in [1.54, 1.807) is 0 Å². The Bertz CT molecular complexity index is 409. The second-order valence-corrected chi connectivity index (χ2v) is 4.89. The third-order valence-electron chi connectivity index (χ3n) is 2.65. The minimum atomic E-state index is -0.493. The van der Waals surface area contributed by atoms with Crippen molar-refractivity contribution < 1.29 is 9.31 Å². The van der Waals surface area contributed by atoms with Crippen LogP contribution in [0.5, 0.6) is 0 Å². The van der Waals surface area contributed by atoms with Gasteiger partial charge in [-0.3, -0.25) is 10.1 Å². The summed E-state index contributed by atoms with van der Waals surface area (Å²) < 4.78 is 13.0. The van der Waals surface area contributed by atoms with Gasteiger partial charge in [-0.2, -0.15) is 0 Å². The molecule has 1 aromatic carbocycles. The summed E-state index contributed by atoms with van der Waals surface area (Å²) in [5.74, 6) is -0.162. The van der Waals surface area contributed by atoms with Gasteiger partial charge in [0.2, 0.25) is 0 Å². The Labute approximate surface area is 105 Å². The van der Waals surface area contributed by atoms with Gasteiger partial charge in [-0.05, 0) is 30.9 Å². The minimum absolute atomic E-state index is 0.0426. The highest BCUT2D eigenvalue weighted by Gasteiger charge is 2.16. The summed E-state index contributed by atoms with van der Waals surface area (Å²) in [7, 11) is 0. The lowest BCUT2D eigenvalue weighted by Crippen LogP contribution is -2.09. The van der Waals surface area contributed by atoms with Gasteiger partial charge in [-0.25, -0.2) is 4.39 Å². The lowest BCUT2D eigenvalue weighted by molar-refractivity contribution is -0.385. The monoisotopic (exact) mass is 259 g/mol. The van der Waals surface area contributed by atoms with Gasteiger partial charge in [0.05, 0.1) is 4.92 Å². The van der Waals surface area contributed by atoms with Crippen molar-refractivity contribution in [2.24, 2.45) is 5.92 Å². The zero-order valence-electron chi connectivity index (χ0n) is 9.82. The molecule has 94 valence electrons. The van der Waals surface area contributed by atoms with E-state index in [0.29, 0.717) is 24.3 Å². The molecule has 0 amide bonds. The molecule has 3 nitrogen and oxygen atoms in total. The van der Waals surface area contributed by atoms with Crippen LogP contribution >= 0.6 is 11.6 Å². The Balaban J connectivity index is 2.82. The highest BCUT2D eigenvalue weighted by molar-refractivity contribution is 6.20. The second-order valence-electron chi connectivity index (χ2n) is 4.33. The zero-order chi connectivity index (χ0) is 13.0. The lowest BCUT2D eigenvalue weighted by atomic mass is 10.0. The SMILES string of the molecule is CC(C)C(Cl)CCc1cc(F)ccc1[N+](=O)[O-]. The van der Waals surface area contributed by atoms with E-state index in [1.165, 1.54) is 12.1 Å². The molecular formula is C12H15ClFNO2. The van der Waals surface area contributed by atoms with E-state index in [1.807, 2.05) is 13.8 Å². The molecule has 0 aliphatic carbocycles. The third-order valence-corrected chi connectivity index (χ3v) is 3.37. The average Bonchev–Trinajstić information content (AvgIpc) is 2.25. The zero-order valence-corrected chi connectivity index (χ0v) is 10.6. The molecule has 1 aromatic rings. The van der Waals surface area contributed by atoms with Crippen molar-refractivity contribution in [3.63, 3.8) is 0 Å². The smallest absolute Gasteiger partial charge is 0.258 e. The molecule has 17 heavy (non-hydrogen) atoms. The molecule has 0 saturated carbocycles. The quantitative estimate of drug-likeness (QED) is 0.457. The van der Waals surface area contributed by atoms with E-state index in [-0.39, 0.29) is 11.1 Å². The van der Waals surface area contributed by atoms with Gasteiger partial charge in [0.1, 0.15) is 5.82 Å². The van der Waals surface area contributed by atoms with Crippen molar-refractivity contribution in [1.29, 1.82) is 0 Å². The fourth-order valence-corrected chi connectivity index (χ4v) is 1.67. The normalized spacial score (nSPS) is 12.8. The first kappa shape index (κ1) is 13.9. The molecule has 0 aromatic heterocycles. The third kappa shape index (κ3) is 3.97. The van der Waals surface area contributed by atoms with Crippen LogP contribution in [-0.4, -0.2) is 10.3 Å². The van der Waals surface area contributed by atoms with Gasteiger partial charge >= 0.3 is 0 Å². The second kappa shape index (κ2) is 5.96. The summed E-state index contributed by atoms with van der Waals surface area (Å²) in [6.45, 7) is 3.97. The van der Waals surface area contributed by atoms with Crippen LogP contribution in [0.3, 0.4) is 0 Å². The first-order valence-electron chi connectivity index (χ1n) is 5.48. The Hall–Kier alpha value is -1.16. The van der Waals surface area contributed by atoms with Gasteiger partial charge in [0, 0.05) is 17.0 Å². The Morgan fingerprint density at radius 2 is 2.12 bits per heavy atom. The van der Waals surface area contributed by atoms with Crippen molar-refractivity contribution in [2.45, 2.75) is 32.1 Å². The Kier molecular flexibility index (Phi) is 4.87. The first-order valence-corrected chi connectivity index (χ1v) is 5.92. The number of nitro groups is 1. The van der Waals surface area contributed by atoms with E-state index in [2.05, 4.69) is 0 Å². The molecule has 1 unspecified atom stereocenters. The molecule has 5 heteroatoms. The molecule has 0 N–H and O–H groups in total. The lowest BCUT2D eigenvalue weighted by Gasteiger charge is -2.12. The van der Waals surface area contributed by atoms with E-state index in [4.69, 9.17) is 11.6 Å². The Morgan fingerprint density at radius 3 is 2.65 bits per heavy atom. The van der Waals surface area contributed by atoms with Crippen molar-refractivity contribution in [3.8, 4) is 0 Å². The van der Waals surface area contributed by atoms with Gasteiger partial charge in [0.25, 0.3) is 5.69 Å². The maximum Gasteiger partial charge on any atom is 0.272 e. The van der Waals surface area contributed by atoms with Crippen LogP contribution in [-0.2, 0) is 6.42 Å². The highest BCUT2D eigenvalue weighted by Crippen LogP contribution is 2.24. The molecule has 1 rings (SSSR count). The number of hydrogen-bond donors (Lipinski definition) is 0. The Morgan fingerprint density at radius 1 is 1.47 bits per heavy atom. The summed E-state index contributed by atoms with van der Waals surface area (Å²) in [5, 5.41) is 10.7. The van der Waals surface area contributed by atoms with Gasteiger partial charge in [-0.15, -0.1) is 11.6 Å². The summed E-state index contributed by atoms with van der Waals surface area (Å²) in [4.78, 5) is 10.3. The minimum Gasteiger partial charge on any atom is -0.258 e. The van der Waals surface area contributed by atoms with Gasteiger partial charge in [-0.1, -0.05) is 13.8 Å². The van der Waals surface area contributed by atoms with E-state index in [0.717, 1.165) is 6.07 Å². The van der Waals surface area contributed by atoms with Crippen LogP contribution in [0.25, 0.3) is 0 Å². The van der Waals surface area contributed by atoms with Crippen molar-refractivity contribution >= 4 is 17.3 Å². The molecule has 0 radical (unpaired) electrons. The number of rotatable bonds is 5. The predicted octanol–water partition coefficient (Wildman–Crippen LogP) is 3.93. The number of nitro benzene ring substituents is 1. The summed E-state index contributed by atoms with van der Waals surface area (Å²) in [6.07, 6.45) is 1.02. The molecule has 0 bridgehead atoms. The summed E-state index contributed by atoms with van der Waals surface area (Å²) in [5.41, 5.74) is 0.361. The first-order chi connectivity index (χ1) is 7.91. The predicted molar refractivity (Wildman–Crippen MR) is 65.9 cm³/mol. The molecular weight excluding hydrogens is 245 g/mol. The number of aryl methyl sites for hydroxylation is 1. The van der Waals surface area contributed by atoms with Crippen molar-refractivity contribution in [1.82, 2.24) is 0 Å². The number of hydrogen-bond acceptors (Lipinski definition) is 2. The number of benzene rings is 1. The number of alkyl halides is 1. The fraction of sp³-hybridized carbons (Fsp3) is 0.500. The largest absolute Gasteiger partial charge is 0.272 e. The molecule has 0 spiro atoms. The topological polar surface area (TPSA) is 43.1 Å². The van der Waals surface area contributed by atoms with Crippen molar-refractivity contribution in [3.05, 3.63) is 39.7 Å². The summed E-state index contributed by atoms with van der Waals surface area (Å²) in [6, 6.07) is 3.51. The van der Waals surface area contributed by atoms with E-state index >= 15 is 0 Å². The molecule has 0 aliphatic rings. The number of nitrogens with zero attached hydrogens (tertiary/aromatic N) is 1. The van der Waals surface area contributed by atoms with E-state index < -0.39 is 10.7 Å². The van der Waals surface area contributed by atoms with Crippen LogP contribution in [0.4, 0.5) is 10.1 Å². The maximum atomic E-state index is 13.0. The van der Waals surface area contributed by atoms with Crippen LogP contribution in [0.1, 0.15) is 25.8 Å². The number of halogens is 2. The van der Waals surface area contributed by atoms with Crippen molar-refractivity contribution in [2.75, 3.05) is 0 Å². The average molecular weight is 260 g/mol. The van der Waals surface area contributed by atoms with Crippen LogP contribution in [0, 0.1) is 21.8 Å². The van der Waals surface area contributed by atoms with Gasteiger partial charge in [0.15, 0.2) is 0 Å². The molecule has 0 saturated heterocycles. The van der Waals surface area contributed by atoms with Crippen LogP contribution in [0.15, 0.2) is 18.2 Å². The molecule has 0 heterocycles. The molecule has 0 fully saturated rings. The van der Waals surface area contributed by atoms with Gasteiger partial charge < -0.3 is 0 Å². The van der Waals surface area contributed by atoms with Crippen LogP contribution < -0.4 is 0 Å². The molecule has 1 atom stereocenters.